The van der Waals surface area contributed by atoms with Crippen LogP contribution in [0.5, 0.6) is 0 Å². The second kappa shape index (κ2) is 7.31. The number of hydrogen-bond donors (Lipinski definition) is 1. The summed E-state index contributed by atoms with van der Waals surface area (Å²) < 4.78 is 5.48. The summed E-state index contributed by atoms with van der Waals surface area (Å²) in [5.41, 5.74) is 3.14. The molecule has 2 aromatic heterocycles. The molecule has 0 amide bonds. The minimum Gasteiger partial charge on any atom is -0.342 e. The van der Waals surface area contributed by atoms with Crippen LogP contribution >= 0.6 is 0 Å². The number of benzene rings is 2. The number of nitrogens with one attached hydrogen (secondary N) is 1. The first-order valence-corrected chi connectivity index (χ1v) is 9.61. The summed E-state index contributed by atoms with van der Waals surface area (Å²) >= 11 is 0. The van der Waals surface area contributed by atoms with E-state index in [1.807, 2.05) is 54.7 Å². The van der Waals surface area contributed by atoms with Gasteiger partial charge in [0.25, 0.3) is 11.8 Å². The molecule has 3 heterocycles. The number of imidazole rings is 1. The van der Waals surface area contributed by atoms with Crippen LogP contribution in [0.4, 0.5) is 5.95 Å². The number of piperidine rings is 1. The van der Waals surface area contributed by atoms with Gasteiger partial charge in [-0.25, -0.2) is 4.98 Å². The quantitative estimate of drug-likeness (QED) is 0.571. The van der Waals surface area contributed by atoms with E-state index >= 15 is 0 Å². The van der Waals surface area contributed by atoms with Crippen molar-refractivity contribution in [3.8, 4) is 22.7 Å². The van der Waals surface area contributed by atoms with E-state index in [2.05, 4.69) is 37.1 Å². The van der Waals surface area contributed by atoms with Crippen LogP contribution in [0.15, 0.2) is 71.4 Å². The van der Waals surface area contributed by atoms with E-state index in [4.69, 9.17) is 4.52 Å². The molecule has 4 aromatic rings. The molecule has 0 aliphatic carbocycles. The zero-order valence-electron chi connectivity index (χ0n) is 15.5. The van der Waals surface area contributed by atoms with Gasteiger partial charge in [0.2, 0.25) is 0 Å². The Bertz CT molecular complexity index is 957. The summed E-state index contributed by atoms with van der Waals surface area (Å²) in [7, 11) is 0. The first kappa shape index (κ1) is 16.7. The number of nitrogens with zero attached hydrogens (tertiary/aromatic N) is 4. The van der Waals surface area contributed by atoms with Crippen molar-refractivity contribution in [1.29, 1.82) is 0 Å². The SMILES string of the molecule is c1ccc(-c2cnc(C3CCCN(c4noc(-c5ccccc5)n4)C3)[nH]2)cc1. The third-order valence-corrected chi connectivity index (χ3v) is 5.21. The van der Waals surface area contributed by atoms with Crippen LogP contribution in [0.3, 0.4) is 0 Å². The minimum atomic E-state index is 0.324. The van der Waals surface area contributed by atoms with E-state index < -0.39 is 0 Å². The standard InChI is InChI=1S/C22H21N5O/c1-3-8-16(9-4-1)19-14-23-20(24-19)18-12-7-13-27(15-18)22-25-21(28-26-22)17-10-5-2-6-11-17/h1-6,8-11,14,18H,7,12-13,15H2,(H,23,24). The van der Waals surface area contributed by atoms with E-state index in [0.29, 0.717) is 17.8 Å². The number of H-pyrrole nitrogens is 1. The Kier molecular flexibility index (Phi) is 4.37. The average Bonchev–Trinajstić information content (AvgIpc) is 3.46. The Morgan fingerprint density at radius 1 is 0.964 bits per heavy atom. The Balaban J connectivity index is 1.33. The van der Waals surface area contributed by atoms with Crippen molar-refractivity contribution in [2.24, 2.45) is 0 Å². The maximum Gasteiger partial charge on any atom is 0.266 e. The van der Waals surface area contributed by atoms with Crippen LogP contribution in [-0.2, 0) is 0 Å². The summed E-state index contributed by atoms with van der Waals surface area (Å²) in [5, 5.41) is 4.21. The molecule has 6 heteroatoms. The topological polar surface area (TPSA) is 70.8 Å². The Labute approximate surface area is 163 Å². The number of aromatic amines is 1. The van der Waals surface area contributed by atoms with Crippen LogP contribution in [0.1, 0.15) is 24.6 Å². The smallest absolute Gasteiger partial charge is 0.266 e. The molecule has 0 spiro atoms. The first-order valence-electron chi connectivity index (χ1n) is 9.61. The van der Waals surface area contributed by atoms with Gasteiger partial charge in [0, 0.05) is 24.6 Å². The van der Waals surface area contributed by atoms with E-state index in [-0.39, 0.29) is 0 Å². The molecule has 1 unspecified atom stereocenters. The predicted molar refractivity (Wildman–Crippen MR) is 108 cm³/mol. The van der Waals surface area contributed by atoms with Crippen molar-refractivity contribution >= 4 is 5.95 Å². The molecular formula is C22H21N5O. The van der Waals surface area contributed by atoms with Gasteiger partial charge in [-0.05, 0) is 35.7 Å². The van der Waals surface area contributed by atoms with Crippen molar-refractivity contribution in [1.82, 2.24) is 20.1 Å². The predicted octanol–water partition coefficient (Wildman–Crippen LogP) is 4.51. The Hall–Kier alpha value is -3.41. The van der Waals surface area contributed by atoms with Gasteiger partial charge in [-0.15, -0.1) is 0 Å². The van der Waals surface area contributed by atoms with E-state index in [1.165, 1.54) is 0 Å². The van der Waals surface area contributed by atoms with Gasteiger partial charge in [-0.3, -0.25) is 0 Å². The van der Waals surface area contributed by atoms with Gasteiger partial charge >= 0.3 is 0 Å². The van der Waals surface area contributed by atoms with Crippen LogP contribution < -0.4 is 4.90 Å². The fourth-order valence-electron chi connectivity index (χ4n) is 3.73. The molecule has 0 bridgehead atoms. The monoisotopic (exact) mass is 371 g/mol. The first-order chi connectivity index (χ1) is 13.9. The lowest BCUT2D eigenvalue weighted by molar-refractivity contribution is 0.422. The largest absolute Gasteiger partial charge is 0.342 e. The second-order valence-electron chi connectivity index (χ2n) is 7.10. The van der Waals surface area contributed by atoms with Gasteiger partial charge in [0.1, 0.15) is 5.82 Å². The normalized spacial score (nSPS) is 17.0. The molecule has 0 radical (unpaired) electrons. The molecule has 1 N–H and O–H groups in total. The van der Waals surface area contributed by atoms with Crippen LogP contribution in [0, 0.1) is 0 Å². The Morgan fingerprint density at radius 3 is 2.50 bits per heavy atom. The van der Waals surface area contributed by atoms with Gasteiger partial charge in [0.15, 0.2) is 0 Å². The van der Waals surface area contributed by atoms with E-state index in [1.54, 1.807) is 0 Å². The molecule has 1 atom stereocenters. The molecule has 1 fully saturated rings. The molecule has 140 valence electrons. The fraction of sp³-hybridized carbons (Fsp3) is 0.227. The summed E-state index contributed by atoms with van der Waals surface area (Å²) in [6.45, 7) is 1.76. The van der Waals surface area contributed by atoms with Gasteiger partial charge in [-0.1, -0.05) is 48.5 Å². The van der Waals surface area contributed by atoms with Crippen molar-refractivity contribution in [2.45, 2.75) is 18.8 Å². The zero-order chi connectivity index (χ0) is 18.8. The molecule has 6 nitrogen and oxygen atoms in total. The lowest BCUT2D eigenvalue weighted by Crippen LogP contribution is -2.35. The third kappa shape index (κ3) is 3.29. The molecule has 2 aromatic carbocycles. The van der Waals surface area contributed by atoms with Gasteiger partial charge in [0.05, 0.1) is 11.9 Å². The lowest BCUT2D eigenvalue weighted by Gasteiger charge is -2.30. The molecule has 28 heavy (non-hydrogen) atoms. The minimum absolute atomic E-state index is 0.324. The summed E-state index contributed by atoms with van der Waals surface area (Å²) in [6.07, 6.45) is 4.09. The summed E-state index contributed by atoms with van der Waals surface area (Å²) in [5.74, 6) is 2.56. The highest BCUT2D eigenvalue weighted by molar-refractivity contribution is 5.58. The second-order valence-corrected chi connectivity index (χ2v) is 7.10. The van der Waals surface area contributed by atoms with Crippen molar-refractivity contribution in [3.63, 3.8) is 0 Å². The number of aromatic nitrogens is 4. The van der Waals surface area contributed by atoms with Crippen LogP contribution in [0.25, 0.3) is 22.7 Å². The third-order valence-electron chi connectivity index (χ3n) is 5.21. The van der Waals surface area contributed by atoms with Gasteiger partial charge in [-0.2, -0.15) is 4.98 Å². The molecule has 0 saturated carbocycles. The number of rotatable bonds is 4. The number of hydrogen-bond acceptors (Lipinski definition) is 5. The van der Waals surface area contributed by atoms with Crippen LogP contribution in [-0.4, -0.2) is 33.2 Å². The Morgan fingerprint density at radius 2 is 1.71 bits per heavy atom. The molecule has 1 aliphatic heterocycles. The van der Waals surface area contributed by atoms with E-state index in [9.17, 15) is 0 Å². The molecule has 1 aliphatic rings. The maximum absolute atomic E-state index is 5.48. The van der Waals surface area contributed by atoms with Gasteiger partial charge < -0.3 is 14.4 Å². The zero-order valence-corrected chi connectivity index (χ0v) is 15.5. The van der Waals surface area contributed by atoms with E-state index in [0.717, 1.165) is 48.6 Å². The molecule has 5 rings (SSSR count). The molecule has 1 saturated heterocycles. The summed E-state index contributed by atoms with van der Waals surface area (Å²) in [6, 6.07) is 20.2. The maximum atomic E-state index is 5.48. The highest BCUT2D eigenvalue weighted by Gasteiger charge is 2.26. The summed E-state index contributed by atoms with van der Waals surface area (Å²) in [4.78, 5) is 14.9. The highest BCUT2D eigenvalue weighted by Crippen LogP contribution is 2.29. The van der Waals surface area contributed by atoms with Crippen molar-refractivity contribution in [3.05, 3.63) is 72.7 Å². The average molecular weight is 371 g/mol. The fourth-order valence-corrected chi connectivity index (χ4v) is 3.73. The number of anilines is 1. The molecular weight excluding hydrogens is 350 g/mol. The van der Waals surface area contributed by atoms with Crippen LogP contribution in [0.2, 0.25) is 0 Å². The lowest BCUT2D eigenvalue weighted by atomic mass is 9.97. The van der Waals surface area contributed by atoms with Crippen molar-refractivity contribution < 1.29 is 4.52 Å². The van der Waals surface area contributed by atoms with Crippen molar-refractivity contribution in [2.75, 3.05) is 18.0 Å². The highest BCUT2D eigenvalue weighted by atomic mass is 16.5.